The fraction of sp³-hybridized carbons (Fsp3) is 0.957. The summed E-state index contributed by atoms with van der Waals surface area (Å²) < 4.78 is 63.0. The van der Waals surface area contributed by atoms with Crippen LogP contribution in [-0.2, 0) is 43.3 Å². The minimum absolute atomic E-state index is 0.452. The molecule has 258 valence electrons. The van der Waals surface area contributed by atoms with E-state index in [4.69, 9.17) is 33.0 Å². The number of rotatable bonds is 12. The van der Waals surface area contributed by atoms with E-state index in [2.05, 4.69) is 5.32 Å². The highest BCUT2D eigenvalue weighted by Crippen LogP contribution is 2.32. The maximum Gasteiger partial charge on any atom is 0.266 e. The largest absolute Gasteiger partial charge is 0.394 e. The summed E-state index contributed by atoms with van der Waals surface area (Å²) in [5.74, 6) is -1.63. The number of ether oxygens (including phenoxy) is 6. The van der Waals surface area contributed by atoms with E-state index in [1.807, 2.05) is 0 Å². The molecule has 11 N–H and O–H groups in total. The van der Waals surface area contributed by atoms with Crippen molar-refractivity contribution in [2.24, 2.45) is 0 Å². The summed E-state index contributed by atoms with van der Waals surface area (Å²) in [5.41, 5.74) is 0. The van der Waals surface area contributed by atoms with Crippen molar-refractivity contribution in [1.29, 1.82) is 0 Å². The minimum Gasteiger partial charge on any atom is -0.394 e. The number of aliphatic hydroxyl groups is 9. The summed E-state index contributed by atoms with van der Waals surface area (Å²) in [6.45, 7) is 0.449. The average Bonchev–Trinajstić information content (AvgIpc) is 2.96. The van der Waals surface area contributed by atoms with E-state index in [1.165, 1.54) is 13.8 Å². The molecule has 3 rings (SSSR count). The van der Waals surface area contributed by atoms with Gasteiger partial charge in [-0.15, -0.1) is 0 Å². The smallest absolute Gasteiger partial charge is 0.266 e. The van der Waals surface area contributed by atoms with Gasteiger partial charge in [0.15, 0.2) is 18.9 Å². The molecule has 0 saturated carbocycles. The molecular weight excluding hydrogens is 626 g/mol. The number of carbonyl (C=O) groups excluding carboxylic acids is 1. The summed E-state index contributed by atoms with van der Waals surface area (Å²) in [6.07, 6.45) is -26.2. The number of carbonyl (C=O) groups is 1. The second-order valence-electron chi connectivity index (χ2n) is 10.7. The van der Waals surface area contributed by atoms with Crippen LogP contribution in [0.3, 0.4) is 0 Å². The van der Waals surface area contributed by atoms with Crippen LogP contribution in [0, 0.1) is 0 Å². The number of amides is 1. The fourth-order valence-corrected chi connectivity index (χ4v) is 5.17. The Kier molecular flexibility index (Phi) is 13.2. The average molecular weight is 668 g/mol. The van der Waals surface area contributed by atoms with Gasteiger partial charge in [0.05, 0.1) is 25.1 Å². The number of hydrogen-bond acceptors (Lipinski definition) is 18. The first-order chi connectivity index (χ1) is 20.5. The van der Waals surface area contributed by atoms with Crippen molar-refractivity contribution in [1.82, 2.24) is 5.32 Å². The van der Waals surface area contributed by atoms with Crippen LogP contribution in [0.2, 0.25) is 0 Å². The minimum atomic E-state index is -4.34. The van der Waals surface area contributed by atoms with Gasteiger partial charge in [0.2, 0.25) is 5.91 Å². The standard InChI is InChI=1S/C23H41NO19S/c1-7-11(27)12(28)15(31)22(38-7)42-18-10(6-26)41-23(17(33)14(18)30)43-19-9(5-25)40-21(16(32)13(19)29)39-8(2)20(34)24-3-4-44(35,36)37/h7-19,21-23,25-33H,3-6H2,1-2H3,(H,24,34)(H,35,36,37)/t7-,8-,9+,10+,11+,12+,13+,14+,15-,16+,17+,18+,19+,21-,22-,23+/m0/s1. The predicted molar refractivity (Wildman–Crippen MR) is 138 cm³/mol. The molecule has 3 saturated heterocycles. The van der Waals surface area contributed by atoms with E-state index in [-0.39, 0.29) is 0 Å². The molecule has 3 aliphatic rings. The summed E-state index contributed by atoms with van der Waals surface area (Å²) in [5, 5.41) is 94.9. The van der Waals surface area contributed by atoms with Crippen LogP contribution >= 0.6 is 0 Å². The van der Waals surface area contributed by atoms with E-state index >= 15 is 0 Å². The van der Waals surface area contributed by atoms with Gasteiger partial charge in [-0.05, 0) is 13.8 Å². The topological polar surface area (TPSA) is 321 Å². The molecule has 0 spiro atoms. The van der Waals surface area contributed by atoms with E-state index < -0.39 is 140 Å². The SMILES string of the molecule is C[C@H](O[C@H]1O[C@H](CO)[C@@H](O[C@H]2O[C@H](CO)[C@@H](O[C@@H]3O[C@@H](C)[C@@H](O)[C@@H](O)[C@@H]3O)[C@H](O)[C@H]2O)[C@H](O)[C@H]1O)C(=O)NCCS(=O)(=O)O. The molecule has 0 unspecified atom stereocenters. The molecule has 0 radical (unpaired) electrons. The van der Waals surface area contributed by atoms with Crippen LogP contribution in [0.5, 0.6) is 0 Å². The Morgan fingerprint density at radius 2 is 1.20 bits per heavy atom. The van der Waals surface area contributed by atoms with Crippen LogP contribution < -0.4 is 5.32 Å². The molecule has 0 aromatic heterocycles. The van der Waals surface area contributed by atoms with Crippen LogP contribution in [-0.4, -0.2) is 189 Å². The van der Waals surface area contributed by atoms with Crippen molar-refractivity contribution in [3.8, 4) is 0 Å². The first kappa shape index (κ1) is 37.2. The molecule has 21 heteroatoms. The second-order valence-corrected chi connectivity index (χ2v) is 12.2. The third kappa shape index (κ3) is 8.77. The fourth-order valence-electron chi connectivity index (χ4n) is 4.81. The zero-order chi connectivity index (χ0) is 33.1. The lowest BCUT2D eigenvalue weighted by Gasteiger charge is -2.48. The van der Waals surface area contributed by atoms with Gasteiger partial charge in [0, 0.05) is 6.54 Å². The maximum atomic E-state index is 12.2. The van der Waals surface area contributed by atoms with Crippen molar-refractivity contribution in [3.63, 3.8) is 0 Å². The third-order valence-electron chi connectivity index (χ3n) is 7.40. The van der Waals surface area contributed by atoms with E-state index in [9.17, 15) is 59.2 Å². The Morgan fingerprint density at radius 1 is 0.750 bits per heavy atom. The van der Waals surface area contributed by atoms with Gasteiger partial charge < -0.3 is 79.7 Å². The molecule has 3 heterocycles. The van der Waals surface area contributed by atoms with E-state index in [0.717, 1.165) is 0 Å². The first-order valence-electron chi connectivity index (χ1n) is 13.6. The number of hydrogen-bond donors (Lipinski definition) is 11. The number of aliphatic hydroxyl groups excluding tert-OH is 9. The van der Waals surface area contributed by atoms with Crippen molar-refractivity contribution in [2.75, 3.05) is 25.5 Å². The molecule has 44 heavy (non-hydrogen) atoms. The van der Waals surface area contributed by atoms with Gasteiger partial charge in [-0.2, -0.15) is 8.42 Å². The molecule has 1 amide bonds. The third-order valence-corrected chi connectivity index (χ3v) is 8.12. The van der Waals surface area contributed by atoms with Crippen molar-refractivity contribution >= 4 is 16.0 Å². The number of nitrogens with one attached hydrogen (secondary N) is 1. The summed E-state index contributed by atoms with van der Waals surface area (Å²) >= 11 is 0. The Morgan fingerprint density at radius 3 is 1.70 bits per heavy atom. The summed E-state index contributed by atoms with van der Waals surface area (Å²) in [6, 6.07) is 0. The van der Waals surface area contributed by atoms with Crippen LogP contribution in [0.15, 0.2) is 0 Å². The van der Waals surface area contributed by atoms with Gasteiger partial charge >= 0.3 is 0 Å². The highest BCUT2D eigenvalue weighted by atomic mass is 32.2. The predicted octanol–water partition coefficient (Wildman–Crippen LogP) is -7.13. The Bertz CT molecular complexity index is 1030. The monoisotopic (exact) mass is 667 g/mol. The lowest BCUT2D eigenvalue weighted by atomic mass is 9.96. The lowest BCUT2D eigenvalue weighted by molar-refractivity contribution is -0.379. The van der Waals surface area contributed by atoms with Crippen molar-refractivity contribution < 1.29 is 92.1 Å². The van der Waals surface area contributed by atoms with Crippen LogP contribution in [0.1, 0.15) is 13.8 Å². The second kappa shape index (κ2) is 15.6. The molecule has 3 fully saturated rings. The Hall–Kier alpha value is -1.22. The van der Waals surface area contributed by atoms with Crippen molar-refractivity contribution in [3.05, 3.63) is 0 Å². The molecule has 0 bridgehead atoms. The molecule has 0 aromatic rings. The zero-order valence-corrected chi connectivity index (χ0v) is 24.4. The van der Waals surface area contributed by atoms with Gasteiger partial charge in [0.1, 0.15) is 73.2 Å². The van der Waals surface area contributed by atoms with Crippen molar-refractivity contribution in [2.45, 2.75) is 112 Å². The van der Waals surface area contributed by atoms with E-state index in [0.29, 0.717) is 0 Å². The van der Waals surface area contributed by atoms with E-state index in [1.54, 1.807) is 0 Å². The molecule has 3 aliphatic heterocycles. The highest BCUT2D eigenvalue weighted by Gasteiger charge is 2.53. The Balaban J connectivity index is 1.64. The van der Waals surface area contributed by atoms with Gasteiger partial charge in [-0.1, -0.05) is 0 Å². The molecule has 0 aliphatic carbocycles. The molecule has 20 nitrogen and oxygen atoms in total. The van der Waals surface area contributed by atoms with Gasteiger partial charge in [0.25, 0.3) is 10.1 Å². The quantitative estimate of drug-likeness (QED) is 0.0861. The molecule has 16 atom stereocenters. The normalized spacial score (nSPS) is 44.2. The summed E-state index contributed by atoms with van der Waals surface area (Å²) in [4.78, 5) is 12.2. The molecule has 0 aromatic carbocycles. The van der Waals surface area contributed by atoms with Crippen LogP contribution in [0.4, 0.5) is 0 Å². The van der Waals surface area contributed by atoms with Gasteiger partial charge in [-0.3, -0.25) is 9.35 Å². The van der Waals surface area contributed by atoms with Gasteiger partial charge in [-0.25, -0.2) is 0 Å². The Labute approximate surface area is 251 Å². The zero-order valence-electron chi connectivity index (χ0n) is 23.6. The van der Waals surface area contributed by atoms with Crippen LogP contribution in [0.25, 0.3) is 0 Å². The first-order valence-corrected chi connectivity index (χ1v) is 15.2. The highest BCUT2D eigenvalue weighted by molar-refractivity contribution is 7.85. The molecular formula is C23H41NO19S. The summed E-state index contributed by atoms with van der Waals surface area (Å²) in [7, 11) is -4.34. The maximum absolute atomic E-state index is 12.2. The lowest BCUT2D eigenvalue weighted by Crippen LogP contribution is -2.66.